The molecule has 0 saturated carbocycles. The average molecular weight is 1020 g/mol. The monoisotopic (exact) mass is 1020 g/mol. The quantitative estimate of drug-likeness (QED) is 0.0281. The van der Waals surface area contributed by atoms with Gasteiger partial charge in [0.1, 0.15) is 42.3 Å². The molecule has 0 aromatic heterocycles. The minimum atomic E-state index is -1.78. The third-order valence-corrected chi connectivity index (χ3v) is 10.1. The lowest BCUT2D eigenvalue weighted by atomic mass is 10.0. The summed E-state index contributed by atoms with van der Waals surface area (Å²) in [6.07, 6.45) is -1.51. The van der Waals surface area contributed by atoms with Crippen molar-refractivity contribution < 1.29 is 77.6 Å². The number of aliphatic hydroxyl groups is 2. The number of aliphatic hydroxyl groups excluding tert-OH is 2. The topological polar surface area (TPSA) is 521 Å². The van der Waals surface area contributed by atoms with Gasteiger partial charge in [-0.1, -0.05) is 30.3 Å². The highest BCUT2D eigenvalue weighted by Crippen LogP contribution is 2.07. The van der Waals surface area contributed by atoms with Crippen molar-refractivity contribution in [2.45, 2.75) is 113 Å². The van der Waals surface area contributed by atoms with Crippen LogP contribution in [0.15, 0.2) is 30.3 Å². The van der Waals surface area contributed by atoms with E-state index in [4.69, 9.17) is 28.7 Å². The first-order chi connectivity index (χ1) is 33.9. The lowest BCUT2D eigenvalue weighted by Gasteiger charge is -2.25. The molecular weight excluding hydrogens is 957 g/mol. The van der Waals surface area contributed by atoms with Crippen LogP contribution in [0.3, 0.4) is 0 Å². The highest BCUT2D eigenvalue weighted by Gasteiger charge is 2.33. The number of hydrogen-bond donors (Lipinski definition) is 17. The predicted molar refractivity (Wildman–Crippen MR) is 249 cm³/mol. The second-order valence-electron chi connectivity index (χ2n) is 16.1. The van der Waals surface area contributed by atoms with Gasteiger partial charge in [0, 0.05) is 19.3 Å². The van der Waals surface area contributed by atoms with Gasteiger partial charge in [-0.25, -0.2) is 4.79 Å². The smallest absolute Gasteiger partial charge is 0.326 e. The van der Waals surface area contributed by atoms with Crippen LogP contribution in [-0.4, -0.2) is 173 Å². The van der Waals surface area contributed by atoms with Gasteiger partial charge in [-0.2, -0.15) is 0 Å². The van der Waals surface area contributed by atoms with Gasteiger partial charge < -0.3 is 91.8 Å². The Morgan fingerprint density at radius 1 is 0.514 bits per heavy atom. The minimum absolute atomic E-state index is 0.0227. The molecule has 0 radical (unpaired) electrons. The van der Waals surface area contributed by atoms with Crippen molar-refractivity contribution in [3.8, 4) is 0 Å². The fraction of sp³-hybridized carbons (Fsp3) is 0.548. The summed E-state index contributed by atoms with van der Waals surface area (Å²) in [6, 6.07) is -4.00. The van der Waals surface area contributed by atoms with Gasteiger partial charge >= 0.3 is 5.97 Å². The molecule has 0 spiro atoms. The van der Waals surface area contributed by atoms with E-state index in [0.29, 0.717) is 18.4 Å². The number of rotatable bonds is 35. The van der Waals surface area contributed by atoms with Crippen LogP contribution in [0.4, 0.5) is 0 Å². The number of carboxylic acid groups (broad SMARTS) is 1. The van der Waals surface area contributed by atoms with E-state index in [1.54, 1.807) is 30.3 Å². The summed E-state index contributed by atoms with van der Waals surface area (Å²) in [7, 11) is 0. The van der Waals surface area contributed by atoms with Crippen LogP contribution in [0.25, 0.3) is 0 Å². The van der Waals surface area contributed by atoms with Gasteiger partial charge in [0.05, 0.1) is 38.8 Å². The Morgan fingerprint density at radius 2 is 1.00 bits per heavy atom. The normalized spacial score (nSPS) is 14.1. The first kappa shape index (κ1) is 62.2. The summed E-state index contributed by atoms with van der Waals surface area (Å²) in [5, 5.41) is 49.5. The highest BCUT2D eigenvalue weighted by atomic mass is 16.4. The number of benzene rings is 1. The number of primary amides is 3. The molecule has 1 aromatic rings. The maximum atomic E-state index is 13.4. The molecule has 0 bridgehead atoms. The summed E-state index contributed by atoms with van der Waals surface area (Å²) in [5.74, 6) is -13.4. The molecule has 1 rings (SSSR count). The number of aliphatic carboxylic acids is 1. The van der Waals surface area contributed by atoms with E-state index >= 15 is 0 Å². The number of carbonyl (C=O) groups is 13. The van der Waals surface area contributed by atoms with E-state index in [-0.39, 0.29) is 32.2 Å². The zero-order valence-electron chi connectivity index (χ0n) is 39.4. The van der Waals surface area contributed by atoms with E-state index in [1.807, 2.05) is 0 Å². The van der Waals surface area contributed by atoms with Gasteiger partial charge in [0.15, 0.2) is 0 Å². The molecule has 0 aliphatic rings. The molecule has 30 nitrogen and oxygen atoms in total. The van der Waals surface area contributed by atoms with E-state index in [9.17, 15) is 77.6 Å². The lowest BCUT2D eigenvalue weighted by molar-refractivity contribution is -0.142. The van der Waals surface area contributed by atoms with Crippen LogP contribution in [0.5, 0.6) is 0 Å². The molecule has 8 atom stereocenters. The summed E-state index contributed by atoms with van der Waals surface area (Å²) in [5.41, 5.74) is 27.4. The zero-order chi connectivity index (χ0) is 54.5. The maximum absolute atomic E-state index is 13.4. The van der Waals surface area contributed by atoms with Crippen molar-refractivity contribution in [2.24, 2.45) is 28.7 Å². The number of carbonyl (C=O) groups excluding carboxylic acids is 12. The van der Waals surface area contributed by atoms with Gasteiger partial charge in [0.2, 0.25) is 70.9 Å². The Bertz CT molecular complexity index is 2080. The van der Waals surface area contributed by atoms with Crippen molar-refractivity contribution >= 4 is 76.9 Å². The average Bonchev–Trinajstić information content (AvgIpc) is 3.32. The molecular formula is C42H66N14O16. The molecule has 0 unspecified atom stereocenters. The van der Waals surface area contributed by atoms with Crippen LogP contribution >= 0.6 is 0 Å². The van der Waals surface area contributed by atoms with Crippen LogP contribution in [0.1, 0.15) is 63.9 Å². The lowest BCUT2D eigenvalue weighted by Crippen LogP contribution is -2.59. The second-order valence-corrected chi connectivity index (χ2v) is 16.1. The van der Waals surface area contributed by atoms with Gasteiger partial charge in [-0.15, -0.1) is 0 Å². The van der Waals surface area contributed by atoms with Crippen LogP contribution in [0, 0.1) is 0 Å². The van der Waals surface area contributed by atoms with Crippen LogP contribution in [-0.2, 0) is 68.7 Å². The van der Waals surface area contributed by atoms with E-state index in [1.165, 1.54) is 6.92 Å². The van der Waals surface area contributed by atoms with Crippen molar-refractivity contribution in [3.05, 3.63) is 35.9 Å². The molecule has 30 heteroatoms. The molecule has 72 heavy (non-hydrogen) atoms. The molecule has 0 fully saturated rings. The summed E-state index contributed by atoms with van der Waals surface area (Å²) < 4.78 is 0. The molecule has 0 aliphatic heterocycles. The number of hydrogen-bond acceptors (Lipinski definition) is 17. The Kier molecular flexibility index (Phi) is 28.4. The van der Waals surface area contributed by atoms with E-state index < -0.39 is 171 Å². The van der Waals surface area contributed by atoms with Gasteiger partial charge in [0.25, 0.3) is 0 Å². The summed E-state index contributed by atoms with van der Waals surface area (Å²) in [6.45, 7) is -2.32. The molecule has 400 valence electrons. The Balaban J connectivity index is 2.92. The predicted octanol–water partition coefficient (Wildman–Crippen LogP) is -9.19. The van der Waals surface area contributed by atoms with Crippen LogP contribution in [0.2, 0.25) is 0 Å². The number of unbranched alkanes of at least 4 members (excludes halogenated alkanes) is 1. The number of nitrogens with two attached hydrogens (primary N) is 5. The van der Waals surface area contributed by atoms with E-state index in [2.05, 4.69) is 47.9 Å². The maximum Gasteiger partial charge on any atom is 0.326 e. The molecule has 22 N–H and O–H groups in total. The number of amides is 12. The first-order valence-electron chi connectivity index (χ1n) is 22.4. The standard InChI is InChI=1S/C42H66N14O16/c1-21(50-36(65)23(44)10-12-30(45)59)35(64)52-24(9-5-6-14-43)38(67)56-29(20-58)41(70)53-25(11-13-31(46)60)37(66)49-17-33(62)48-18-34(63)51-28(19-57)40(69)54-26(16-32(47)61)39(68)55-27(42(71)72)15-22-7-3-2-4-8-22/h2-4,7-8,21,23-29,57-58H,5-6,9-20,43-44H2,1H3,(H2,45,59)(H2,46,60)(H2,47,61)(H,48,62)(H,49,66)(H,50,65)(H,51,63)(H,52,64)(H,53,70)(H,54,69)(H,55,68)(H,56,67)(H,71,72)/t21-,23-,24-,25-,26-,27-,28-,29-/m0/s1. The largest absolute Gasteiger partial charge is 0.480 e. The van der Waals surface area contributed by atoms with Crippen molar-refractivity contribution in [2.75, 3.05) is 32.8 Å². The third kappa shape index (κ3) is 24.6. The molecule has 0 aliphatic carbocycles. The number of carboxylic acids is 1. The van der Waals surface area contributed by atoms with Gasteiger partial charge in [-0.05, 0) is 51.1 Å². The van der Waals surface area contributed by atoms with Gasteiger partial charge in [-0.3, -0.25) is 57.5 Å². The molecule has 1 aromatic carbocycles. The van der Waals surface area contributed by atoms with Crippen molar-refractivity contribution in [1.29, 1.82) is 0 Å². The Morgan fingerprint density at radius 3 is 1.56 bits per heavy atom. The summed E-state index contributed by atoms with van der Waals surface area (Å²) in [4.78, 5) is 163. The zero-order valence-corrected chi connectivity index (χ0v) is 39.4. The second kappa shape index (κ2) is 32.9. The minimum Gasteiger partial charge on any atom is -0.480 e. The van der Waals surface area contributed by atoms with Crippen molar-refractivity contribution in [3.63, 3.8) is 0 Å². The fourth-order valence-electron chi connectivity index (χ4n) is 6.14. The van der Waals surface area contributed by atoms with E-state index in [0.717, 1.165) is 0 Å². The Labute approximate surface area is 412 Å². The number of nitrogens with one attached hydrogen (secondary N) is 9. The molecule has 0 heterocycles. The fourth-order valence-corrected chi connectivity index (χ4v) is 6.14. The first-order valence-corrected chi connectivity index (χ1v) is 22.4. The van der Waals surface area contributed by atoms with Crippen molar-refractivity contribution in [1.82, 2.24) is 47.9 Å². The summed E-state index contributed by atoms with van der Waals surface area (Å²) >= 11 is 0. The molecule has 0 saturated heterocycles. The molecule has 12 amide bonds. The highest BCUT2D eigenvalue weighted by molar-refractivity contribution is 5.98. The Hall–Kier alpha value is -7.83. The third-order valence-electron chi connectivity index (χ3n) is 10.1. The SMILES string of the molecule is C[C@H](NC(=O)[C@@H](N)CCC(N)=O)C(=O)N[C@@H](CCCCN)C(=O)N[C@@H](CO)C(=O)N[C@@H](CCC(N)=O)C(=O)NCC(=O)NCC(=O)N[C@@H](CO)C(=O)N[C@@H](CC(N)=O)C(=O)N[C@@H](Cc1ccccc1)C(=O)O. The van der Waals surface area contributed by atoms with Crippen LogP contribution < -0.4 is 76.5 Å².